The van der Waals surface area contributed by atoms with Gasteiger partial charge in [-0.3, -0.25) is 9.69 Å². The maximum absolute atomic E-state index is 11.7. The first-order valence-electron chi connectivity index (χ1n) is 6.67. The first-order chi connectivity index (χ1) is 8.33. The van der Waals surface area contributed by atoms with Crippen LogP contribution in [0.3, 0.4) is 0 Å². The number of carbonyl (C=O) groups excluding carboxylic acids is 1. The van der Waals surface area contributed by atoms with Gasteiger partial charge in [0.1, 0.15) is 0 Å². The average Bonchev–Trinajstić information content (AvgIpc) is 2.82. The van der Waals surface area contributed by atoms with Crippen LogP contribution in [0.25, 0.3) is 0 Å². The Morgan fingerprint density at radius 3 is 3.18 bits per heavy atom. The molecule has 0 aromatic carbocycles. The first kappa shape index (κ1) is 11.4. The number of ether oxygens (including phenoxy) is 1. The molecule has 3 heterocycles. The molecule has 1 amide bonds. The molecule has 1 N–H and O–H groups in total. The summed E-state index contributed by atoms with van der Waals surface area (Å²) in [5, 5.41) is 3.20. The highest BCUT2D eigenvalue weighted by atomic mass is 16.5. The molecule has 0 saturated carbocycles. The standard InChI is InChI=1S/C12H21N3O2/c16-12-7-13-6-10-8-14(3-4-15(10)12)9-11-2-1-5-17-11/h10-11,13H,1-9H2. The van der Waals surface area contributed by atoms with E-state index in [0.29, 0.717) is 18.7 Å². The molecular formula is C12H21N3O2. The smallest absolute Gasteiger partial charge is 0.236 e. The molecule has 0 radical (unpaired) electrons. The molecule has 5 nitrogen and oxygen atoms in total. The summed E-state index contributed by atoms with van der Waals surface area (Å²) < 4.78 is 5.68. The van der Waals surface area contributed by atoms with Crippen LogP contribution in [0.4, 0.5) is 0 Å². The summed E-state index contributed by atoms with van der Waals surface area (Å²) in [4.78, 5) is 16.2. The van der Waals surface area contributed by atoms with Crippen LogP contribution in [0.1, 0.15) is 12.8 Å². The highest BCUT2D eigenvalue weighted by Crippen LogP contribution is 2.17. The second-order valence-corrected chi connectivity index (χ2v) is 5.27. The van der Waals surface area contributed by atoms with Gasteiger partial charge in [-0.25, -0.2) is 0 Å². The molecule has 17 heavy (non-hydrogen) atoms. The van der Waals surface area contributed by atoms with E-state index in [1.54, 1.807) is 0 Å². The van der Waals surface area contributed by atoms with E-state index in [2.05, 4.69) is 10.2 Å². The maximum atomic E-state index is 11.7. The number of nitrogens with zero attached hydrogens (tertiary/aromatic N) is 2. The molecule has 0 aliphatic carbocycles. The van der Waals surface area contributed by atoms with Crippen molar-refractivity contribution in [2.45, 2.75) is 25.0 Å². The molecular weight excluding hydrogens is 218 g/mol. The van der Waals surface area contributed by atoms with Crippen molar-refractivity contribution in [3.05, 3.63) is 0 Å². The Kier molecular flexibility index (Phi) is 3.31. The Morgan fingerprint density at radius 1 is 1.41 bits per heavy atom. The first-order valence-corrected chi connectivity index (χ1v) is 6.67. The molecule has 96 valence electrons. The third kappa shape index (κ3) is 2.46. The molecule has 3 aliphatic heterocycles. The van der Waals surface area contributed by atoms with Gasteiger partial charge in [-0.05, 0) is 12.8 Å². The molecule has 0 aromatic rings. The van der Waals surface area contributed by atoms with Crippen molar-refractivity contribution in [2.24, 2.45) is 0 Å². The van der Waals surface area contributed by atoms with Crippen molar-refractivity contribution < 1.29 is 9.53 Å². The predicted octanol–water partition coefficient (Wildman–Crippen LogP) is -0.719. The third-order valence-corrected chi connectivity index (χ3v) is 4.03. The summed E-state index contributed by atoms with van der Waals surface area (Å²) in [6.07, 6.45) is 2.82. The van der Waals surface area contributed by atoms with Gasteiger partial charge in [0.25, 0.3) is 0 Å². The van der Waals surface area contributed by atoms with E-state index in [0.717, 1.165) is 39.3 Å². The van der Waals surface area contributed by atoms with Gasteiger partial charge in [-0.15, -0.1) is 0 Å². The number of amides is 1. The number of carbonyl (C=O) groups is 1. The summed E-state index contributed by atoms with van der Waals surface area (Å²) in [5.41, 5.74) is 0. The number of nitrogens with one attached hydrogen (secondary N) is 1. The van der Waals surface area contributed by atoms with Gasteiger partial charge >= 0.3 is 0 Å². The molecule has 5 heteroatoms. The molecule has 3 saturated heterocycles. The summed E-state index contributed by atoms with van der Waals surface area (Å²) in [7, 11) is 0. The Labute approximate surface area is 102 Å². The SMILES string of the molecule is O=C1CNCC2CN(CC3CCCO3)CCN12. The maximum Gasteiger partial charge on any atom is 0.236 e. The summed E-state index contributed by atoms with van der Waals surface area (Å²) >= 11 is 0. The molecule has 3 fully saturated rings. The zero-order valence-electron chi connectivity index (χ0n) is 10.2. The van der Waals surface area contributed by atoms with E-state index < -0.39 is 0 Å². The predicted molar refractivity (Wildman–Crippen MR) is 63.8 cm³/mol. The van der Waals surface area contributed by atoms with Gasteiger partial charge in [0.05, 0.1) is 18.7 Å². The fourth-order valence-corrected chi connectivity index (χ4v) is 3.11. The monoisotopic (exact) mass is 239 g/mol. The molecule has 0 bridgehead atoms. The summed E-state index contributed by atoms with van der Waals surface area (Å²) in [6, 6.07) is 0.367. The minimum atomic E-state index is 0.262. The fraction of sp³-hybridized carbons (Fsp3) is 0.917. The van der Waals surface area contributed by atoms with E-state index in [1.807, 2.05) is 4.90 Å². The van der Waals surface area contributed by atoms with Crippen LogP contribution >= 0.6 is 0 Å². The minimum absolute atomic E-state index is 0.262. The van der Waals surface area contributed by atoms with E-state index in [-0.39, 0.29) is 5.91 Å². The highest BCUT2D eigenvalue weighted by molar-refractivity contribution is 5.79. The van der Waals surface area contributed by atoms with Crippen LogP contribution in [-0.2, 0) is 9.53 Å². The lowest BCUT2D eigenvalue weighted by Crippen LogP contribution is -2.63. The Balaban J connectivity index is 1.54. The largest absolute Gasteiger partial charge is 0.377 e. The Bertz CT molecular complexity index is 291. The van der Waals surface area contributed by atoms with E-state index in [1.165, 1.54) is 12.8 Å². The number of rotatable bonds is 2. The number of hydrogen-bond donors (Lipinski definition) is 1. The second-order valence-electron chi connectivity index (χ2n) is 5.27. The van der Waals surface area contributed by atoms with Crippen LogP contribution in [-0.4, -0.2) is 73.7 Å². The Morgan fingerprint density at radius 2 is 2.35 bits per heavy atom. The lowest BCUT2D eigenvalue weighted by atomic mass is 10.1. The fourth-order valence-electron chi connectivity index (χ4n) is 3.11. The molecule has 2 atom stereocenters. The Hall–Kier alpha value is -0.650. The van der Waals surface area contributed by atoms with Crippen molar-refractivity contribution in [1.29, 1.82) is 0 Å². The second kappa shape index (κ2) is 4.92. The van der Waals surface area contributed by atoms with Gasteiger partial charge in [0, 0.05) is 39.3 Å². The van der Waals surface area contributed by atoms with Gasteiger partial charge in [0.15, 0.2) is 0 Å². The van der Waals surface area contributed by atoms with Crippen molar-refractivity contribution in [3.63, 3.8) is 0 Å². The van der Waals surface area contributed by atoms with Gasteiger partial charge in [-0.1, -0.05) is 0 Å². The molecule has 3 aliphatic rings. The molecule has 0 aromatic heterocycles. The summed E-state index contributed by atoms with van der Waals surface area (Å²) in [6.45, 7) is 6.31. The summed E-state index contributed by atoms with van der Waals surface area (Å²) in [5.74, 6) is 0.262. The van der Waals surface area contributed by atoms with Gasteiger partial charge < -0.3 is 15.0 Å². The van der Waals surface area contributed by atoms with Crippen LogP contribution in [0.5, 0.6) is 0 Å². The quantitative estimate of drug-likeness (QED) is 0.691. The number of hydrogen-bond acceptors (Lipinski definition) is 4. The minimum Gasteiger partial charge on any atom is -0.377 e. The van der Waals surface area contributed by atoms with Crippen LogP contribution in [0.2, 0.25) is 0 Å². The van der Waals surface area contributed by atoms with Gasteiger partial charge in [-0.2, -0.15) is 0 Å². The van der Waals surface area contributed by atoms with Crippen LogP contribution in [0, 0.1) is 0 Å². The van der Waals surface area contributed by atoms with E-state index >= 15 is 0 Å². The van der Waals surface area contributed by atoms with Crippen LogP contribution < -0.4 is 5.32 Å². The molecule has 0 spiro atoms. The average molecular weight is 239 g/mol. The number of piperazine rings is 2. The zero-order chi connectivity index (χ0) is 11.7. The molecule has 2 unspecified atom stereocenters. The lowest BCUT2D eigenvalue weighted by Gasteiger charge is -2.44. The van der Waals surface area contributed by atoms with Crippen molar-refractivity contribution in [1.82, 2.24) is 15.1 Å². The van der Waals surface area contributed by atoms with E-state index in [9.17, 15) is 4.79 Å². The van der Waals surface area contributed by atoms with Crippen molar-refractivity contribution in [2.75, 3.05) is 45.9 Å². The van der Waals surface area contributed by atoms with E-state index in [4.69, 9.17) is 4.74 Å². The highest BCUT2D eigenvalue weighted by Gasteiger charge is 2.33. The lowest BCUT2D eigenvalue weighted by molar-refractivity contribution is -0.138. The van der Waals surface area contributed by atoms with Gasteiger partial charge in [0.2, 0.25) is 5.91 Å². The van der Waals surface area contributed by atoms with Crippen molar-refractivity contribution >= 4 is 5.91 Å². The van der Waals surface area contributed by atoms with Crippen molar-refractivity contribution in [3.8, 4) is 0 Å². The topological polar surface area (TPSA) is 44.8 Å². The third-order valence-electron chi connectivity index (χ3n) is 4.03. The number of fused-ring (bicyclic) bond motifs is 1. The van der Waals surface area contributed by atoms with Crippen LogP contribution in [0.15, 0.2) is 0 Å². The normalized spacial score (nSPS) is 35.1. The molecule has 3 rings (SSSR count). The zero-order valence-corrected chi connectivity index (χ0v) is 10.2.